The van der Waals surface area contributed by atoms with Crippen LogP contribution in [0.5, 0.6) is 11.5 Å². The van der Waals surface area contributed by atoms with Gasteiger partial charge >= 0.3 is 5.97 Å². The molecule has 240 valence electrons. The summed E-state index contributed by atoms with van der Waals surface area (Å²) in [5, 5.41) is 12.1. The molecule has 3 aromatic carbocycles. The van der Waals surface area contributed by atoms with Gasteiger partial charge in [-0.3, -0.25) is 9.59 Å². The van der Waals surface area contributed by atoms with Crippen LogP contribution < -0.4 is 14.8 Å². The van der Waals surface area contributed by atoms with Crippen molar-refractivity contribution in [2.24, 2.45) is 4.99 Å². The first-order valence-electron chi connectivity index (χ1n) is 15.0. The Morgan fingerprint density at radius 2 is 1.78 bits per heavy atom. The fourth-order valence-corrected chi connectivity index (χ4v) is 5.26. The molecule has 0 saturated heterocycles. The van der Waals surface area contributed by atoms with Crippen LogP contribution in [-0.2, 0) is 25.5 Å². The van der Waals surface area contributed by atoms with E-state index in [-0.39, 0.29) is 31.3 Å². The molecule has 0 aromatic heterocycles. The highest BCUT2D eigenvalue weighted by Gasteiger charge is 2.53. The smallest absolute Gasteiger partial charge is 0.306 e. The van der Waals surface area contributed by atoms with Crippen molar-refractivity contribution in [1.82, 2.24) is 5.32 Å². The zero-order chi connectivity index (χ0) is 32.5. The molecule has 0 aliphatic carbocycles. The van der Waals surface area contributed by atoms with Gasteiger partial charge in [0.2, 0.25) is 5.90 Å². The average molecular weight is 682 g/mol. The van der Waals surface area contributed by atoms with Gasteiger partial charge in [-0.25, -0.2) is 4.99 Å². The first-order valence-corrected chi connectivity index (χ1v) is 15.8. The number of aliphatic hydroxyl groups is 1. The zero-order valence-corrected chi connectivity index (χ0v) is 27.8. The largest absolute Gasteiger partial charge is 0.497 e. The van der Waals surface area contributed by atoms with Gasteiger partial charge < -0.3 is 29.4 Å². The van der Waals surface area contributed by atoms with Crippen molar-refractivity contribution in [2.75, 3.05) is 26.9 Å². The Balaban J connectivity index is 1.67. The van der Waals surface area contributed by atoms with Gasteiger partial charge in [0.1, 0.15) is 17.1 Å². The number of aliphatic hydroxyl groups excluding tert-OH is 1. The molecule has 1 heterocycles. The van der Waals surface area contributed by atoms with Gasteiger partial charge in [-0.15, -0.1) is 0 Å². The topological polar surface area (TPSA) is 116 Å². The Bertz CT molecular complexity index is 1470. The number of ether oxygens (including phenoxy) is 4. The molecule has 0 fully saturated rings. The summed E-state index contributed by atoms with van der Waals surface area (Å²) in [5.41, 5.74) is 0.291. The second kappa shape index (κ2) is 15.4. The number of methoxy groups -OCH3 is 1. The third-order valence-electron chi connectivity index (χ3n) is 7.17. The third kappa shape index (κ3) is 9.31. The van der Waals surface area contributed by atoms with E-state index in [1.807, 2.05) is 81.4 Å². The fourth-order valence-electron chi connectivity index (χ4n) is 4.99. The highest BCUT2D eigenvalue weighted by atomic mass is 79.9. The highest BCUT2D eigenvalue weighted by molar-refractivity contribution is 9.10. The van der Waals surface area contributed by atoms with Crippen molar-refractivity contribution in [3.05, 3.63) is 94.0 Å². The van der Waals surface area contributed by atoms with Crippen LogP contribution in [0, 0.1) is 0 Å². The maximum absolute atomic E-state index is 14.3. The molecule has 0 saturated carbocycles. The normalized spacial score (nSPS) is 17.6. The van der Waals surface area contributed by atoms with Gasteiger partial charge in [-0.1, -0.05) is 40.2 Å². The lowest BCUT2D eigenvalue weighted by Gasteiger charge is -2.31. The summed E-state index contributed by atoms with van der Waals surface area (Å²) in [6.07, 6.45) is 0.327. The minimum Gasteiger partial charge on any atom is -0.497 e. The molecule has 1 aliphatic heterocycles. The Kier molecular flexibility index (Phi) is 11.6. The second-order valence-corrected chi connectivity index (χ2v) is 12.7. The van der Waals surface area contributed by atoms with E-state index in [4.69, 9.17) is 29.0 Å². The number of carbonyl (C=O) groups excluding carboxylic acids is 2. The van der Waals surface area contributed by atoms with Crippen LogP contribution in [0.15, 0.2) is 82.3 Å². The predicted octanol–water partition coefficient (Wildman–Crippen LogP) is 5.96. The number of nitrogens with zero attached hydrogens (tertiary/aromatic N) is 1. The van der Waals surface area contributed by atoms with Gasteiger partial charge in [0.15, 0.2) is 11.6 Å². The van der Waals surface area contributed by atoms with E-state index < -0.39 is 23.2 Å². The number of hydrogen-bond donors (Lipinski definition) is 2. The summed E-state index contributed by atoms with van der Waals surface area (Å²) in [7, 11) is 1.62. The lowest BCUT2D eigenvalue weighted by molar-refractivity contribution is -0.155. The fraction of sp³-hybridized carbons (Fsp3) is 0.400. The van der Waals surface area contributed by atoms with E-state index in [0.717, 1.165) is 21.3 Å². The van der Waals surface area contributed by atoms with E-state index in [0.29, 0.717) is 37.3 Å². The summed E-state index contributed by atoms with van der Waals surface area (Å²) < 4.78 is 24.0. The van der Waals surface area contributed by atoms with Crippen molar-refractivity contribution in [1.29, 1.82) is 0 Å². The summed E-state index contributed by atoms with van der Waals surface area (Å²) in [6.45, 7) is 6.21. The molecule has 10 heteroatoms. The molecule has 0 unspecified atom stereocenters. The lowest BCUT2D eigenvalue weighted by atomic mass is 9.83. The maximum Gasteiger partial charge on any atom is 0.306 e. The highest BCUT2D eigenvalue weighted by Crippen LogP contribution is 2.43. The first kappa shape index (κ1) is 34.0. The number of nitrogens with one attached hydrogen (secondary N) is 1. The Morgan fingerprint density at radius 1 is 1.04 bits per heavy atom. The van der Waals surface area contributed by atoms with Crippen molar-refractivity contribution >= 4 is 33.7 Å². The van der Waals surface area contributed by atoms with Crippen LogP contribution in [0.1, 0.15) is 62.8 Å². The number of carbonyl (C=O) groups is 2. The molecule has 3 aromatic rings. The van der Waals surface area contributed by atoms with Crippen LogP contribution in [-0.4, -0.2) is 60.9 Å². The van der Waals surface area contributed by atoms with Gasteiger partial charge in [-0.05, 0) is 93.3 Å². The number of halogens is 1. The number of benzene rings is 3. The van der Waals surface area contributed by atoms with Crippen LogP contribution in [0.2, 0.25) is 0 Å². The second-order valence-electron chi connectivity index (χ2n) is 11.8. The molecular formula is C35H41BrN2O7. The molecule has 0 radical (unpaired) electrons. The van der Waals surface area contributed by atoms with E-state index in [2.05, 4.69) is 21.2 Å². The lowest BCUT2D eigenvalue weighted by Crippen LogP contribution is -2.49. The standard InChI is InChI=1S/C35H41BrN2O7/c1-34(2,3)45-30(40)17-19-35(33(41)37-20-18-24-7-5-8-29(23-24)42-4)31(25-9-13-27(36)14-10-25)44-32(38-35)26-11-15-28(16-12-26)43-22-6-21-39/h5,7-16,23,31,39H,6,17-22H2,1-4H3,(H,37,41)/t31-,35-/m1/s1. The van der Waals surface area contributed by atoms with Crippen LogP contribution in [0.4, 0.5) is 0 Å². The summed E-state index contributed by atoms with van der Waals surface area (Å²) in [6, 6.07) is 22.4. The molecule has 2 N–H and O–H groups in total. The van der Waals surface area contributed by atoms with Crippen molar-refractivity contribution in [2.45, 2.75) is 63.7 Å². The van der Waals surface area contributed by atoms with Crippen molar-refractivity contribution in [3.8, 4) is 11.5 Å². The summed E-state index contributed by atoms with van der Waals surface area (Å²) in [5.74, 6) is 0.902. The van der Waals surface area contributed by atoms with E-state index in [1.165, 1.54) is 0 Å². The van der Waals surface area contributed by atoms with Crippen LogP contribution >= 0.6 is 15.9 Å². The molecule has 0 spiro atoms. The zero-order valence-electron chi connectivity index (χ0n) is 26.2. The molecule has 45 heavy (non-hydrogen) atoms. The number of hydrogen-bond acceptors (Lipinski definition) is 8. The summed E-state index contributed by atoms with van der Waals surface area (Å²) in [4.78, 5) is 32.2. The third-order valence-corrected chi connectivity index (χ3v) is 7.70. The monoisotopic (exact) mass is 680 g/mol. The number of aliphatic imine (C=N–C) groups is 1. The van der Waals surface area contributed by atoms with Crippen LogP contribution in [0.3, 0.4) is 0 Å². The van der Waals surface area contributed by atoms with Gasteiger partial charge in [0.25, 0.3) is 5.91 Å². The Morgan fingerprint density at radius 3 is 2.44 bits per heavy atom. The summed E-state index contributed by atoms with van der Waals surface area (Å²) >= 11 is 3.49. The Hall–Kier alpha value is -3.89. The first-order chi connectivity index (χ1) is 21.5. The maximum atomic E-state index is 14.3. The number of rotatable bonds is 14. The van der Waals surface area contributed by atoms with Crippen molar-refractivity contribution in [3.63, 3.8) is 0 Å². The molecular weight excluding hydrogens is 640 g/mol. The minimum absolute atomic E-state index is 0.0363. The van der Waals surface area contributed by atoms with Crippen molar-refractivity contribution < 1.29 is 33.6 Å². The minimum atomic E-state index is -1.45. The molecule has 1 amide bonds. The molecule has 1 aliphatic rings. The SMILES string of the molecule is COc1cccc(CCNC(=O)[C@]2(CCC(=O)OC(C)(C)C)N=C(c3ccc(OCCCO)cc3)O[C@@H]2c2ccc(Br)cc2)c1. The molecule has 4 rings (SSSR count). The number of amides is 1. The van der Waals surface area contributed by atoms with Gasteiger partial charge in [0.05, 0.1) is 13.7 Å². The quantitative estimate of drug-likeness (QED) is 0.160. The number of esters is 1. The average Bonchev–Trinajstić information content (AvgIpc) is 3.41. The molecule has 0 bridgehead atoms. The molecule has 9 nitrogen and oxygen atoms in total. The predicted molar refractivity (Wildman–Crippen MR) is 176 cm³/mol. The Labute approximate surface area is 273 Å². The van der Waals surface area contributed by atoms with Crippen LogP contribution in [0.25, 0.3) is 0 Å². The van der Waals surface area contributed by atoms with Gasteiger partial charge in [0, 0.05) is 36.0 Å². The van der Waals surface area contributed by atoms with E-state index in [9.17, 15) is 9.59 Å². The molecule has 2 atom stereocenters. The van der Waals surface area contributed by atoms with Gasteiger partial charge in [-0.2, -0.15) is 0 Å². The van der Waals surface area contributed by atoms with E-state index in [1.54, 1.807) is 19.2 Å². The van der Waals surface area contributed by atoms with E-state index >= 15 is 0 Å².